The first-order chi connectivity index (χ1) is 32.5. The summed E-state index contributed by atoms with van der Waals surface area (Å²) in [6.45, 7) is 4.80. The van der Waals surface area contributed by atoms with Gasteiger partial charge in [0.2, 0.25) is 0 Å². The Balaban J connectivity index is 1.01. The highest BCUT2D eigenvalue weighted by atomic mass is 15.1. The highest BCUT2D eigenvalue weighted by Crippen LogP contribution is 2.60. The van der Waals surface area contributed by atoms with Crippen LogP contribution in [0, 0.1) is 0 Å². The Morgan fingerprint density at radius 2 is 1.14 bits per heavy atom. The standard InChI is InChI=1S/C64H46N2/c1-63(2)56-29-16-26-51-53-40-47(35-38-59(53)66-58-30-14-11-25-50(58)52-36-37-57(63)61(60(51)56)62(52)66)65(46-22-15-19-42(39-46)41-17-5-3-6-18-41)45-33-31-44(32-34-45)64(43-20-7-4-8-21-43)54-27-12-9-23-48(54)49-24-10-13-28-55(49)64/h3-9,11-23,25-40H,10,24H2,1-2H3. The molecule has 2 heteroatoms. The van der Waals surface area contributed by atoms with Crippen molar-refractivity contribution >= 4 is 44.4 Å². The van der Waals surface area contributed by atoms with Crippen LogP contribution in [0.1, 0.15) is 60.1 Å². The molecule has 0 amide bonds. The predicted molar refractivity (Wildman–Crippen MR) is 276 cm³/mol. The Bertz CT molecular complexity index is 3710. The summed E-state index contributed by atoms with van der Waals surface area (Å²) >= 11 is 0. The summed E-state index contributed by atoms with van der Waals surface area (Å²) in [6.07, 6.45) is 6.91. The van der Waals surface area contributed by atoms with Crippen molar-refractivity contribution < 1.29 is 0 Å². The van der Waals surface area contributed by atoms with Gasteiger partial charge >= 0.3 is 0 Å². The van der Waals surface area contributed by atoms with Crippen molar-refractivity contribution in [3.63, 3.8) is 0 Å². The molecule has 0 bridgehead atoms. The molecule has 10 aromatic rings. The largest absolute Gasteiger partial charge is 0.310 e. The smallest absolute Gasteiger partial charge is 0.0710 e. The Hall–Kier alpha value is -7.94. The lowest BCUT2D eigenvalue weighted by Crippen LogP contribution is -2.29. The molecule has 0 saturated carbocycles. The van der Waals surface area contributed by atoms with Gasteiger partial charge in [0.05, 0.1) is 22.1 Å². The van der Waals surface area contributed by atoms with Crippen LogP contribution in [0.3, 0.4) is 0 Å². The highest BCUT2D eigenvalue weighted by Gasteiger charge is 2.47. The molecule has 66 heavy (non-hydrogen) atoms. The third-order valence-electron chi connectivity index (χ3n) is 15.5. The van der Waals surface area contributed by atoms with Gasteiger partial charge in [0.25, 0.3) is 0 Å². The topological polar surface area (TPSA) is 8.17 Å². The Labute approximate surface area is 386 Å². The lowest BCUT2D eigenvalue weighted by molar-refractivity contribution is 0.661. The van der Waals surface area contributed by atoms with E-state index in [-0.39, 0.29) is 5.41 Å². The van der Waals surface area contributed by atoms with Crippen LogP contribution in [0.4, 0.5) is 17.1 Å². The number of hydrogen-bond donors (Lipinski definition) is 0. The number of allylic oxidation sites excluding steroid dienone is 4. The Kier molecular flexibility index (Phi) is 7.82. The van der Waals surface area contributed by atoms with Gasteiger partial charge in [-0.05, 0) is 128 Å². The second kappa shape index (κ2) is 13.8. The van der Waals surface area contributed by atoms with Crippen molar-refractivity contribution in [3.05, 3.63) is 257 Å². The molecule has 1 aromatic heterocycles. The number of rotatable bonds is 6. The first-order valence-corrected chi connectivity index (χ1v) is 23.5. The molecule has 1 aliphatic heterocycles. The maximum absolute atomic E-state index is 2.56. The van der Waals surface area contributed by atoms with Gasteiger partial charge in [-0.15, -0.1) is 0 Å². The minimum atomic E-state index is -0.426. The third kappa shape index (κ3) is 4.96. The Morgan fingerprint density at radius 1 is 0.470 bits per heavy atom. The van der Waals surface area contributed by atoms with Crippen LogP contribution in [0.5, 0.6) is 0 Å². The van der Waals surface area contributed by atoms with E-state index in [1.165, 1.54) is 105 Å². The summed E-state index contributed by atoms with van der Waals surface area (Å²) in [4.78, 5) is 2.47. The summed E-state index contributed by atoms with van der Waals surface area (Å²) < 4.78 is 2.56. The molecule has 0 fully saturated rings. The van der Waals surface area contributed by atoms with Crippen LogP contribution in [0.2, 0.25) is 0 Å². The Morgan fingerprint density at radius 3 is 2.00 bits per heavy atom. The van der Waals surface area contributed by atoms with E-state index >= 15 is 0 Å². The molecule has 312 valence electrons. The minimum Gasteiger partial charge on any atom is -0.310 e. The summed E-state index contributed by atoms with van der Waals surface area (Å²) in [5.41, 5.74) is 25.2. The summed E-state index contributed by atoms with van der Waals surface area (Å²) in [6, 6.07) is 77.6. The van der Waals surface area contributed by atoms with E-state index in [2.05, 4.69) is 242 Å². The van der Waals surface area contributed by atoms with E-state index in [4.69, 9.17) is 0 Å². The first kappa shape index (κ1) is 37.4. The predicted octanol–water partition coefficient (Wildman–Crippen LogP) is 16.7. The van der Waals surface area contributed by atoms with Crippen molar-refractivity contribution in [2.75, 3.05) is 4.90 Å². The van der Waals surface area contributed by atoms with Crippen LogP contribution in [-0.4, -0.2) is 4.57 Å². The second-order valence-corrected chi connectivity index (χ2v) is 19.1. The van der Waals surface area contributed by atoms with Gasteiger partial charge in [-0.25, -0.2) is 0 Å². The maximum Gasteiger partial charge on any atom is 0.0710 e. The zero-order valence-electron chi connectivity index (χ0n) is 37.1. The molecule has 14 rings (SSSR count). The molecule has 2 nitrogen and oxygen atoms in total. The summed E-state index contributed by atoms with van der Waals surface area (Å²) in [7, 11) is 0. The van der Waals surface area contributed by atoms with E-state index in [1.807, 2.05) is 0 Å². The van der Waals surface area contributed by atoms with Crippen molar-refractivity contribution in [2.24, 2.45) is 0 Å². The van der Waals surface area contributed by atoms with Crippen molar-refractivity contribution in [1.29, 1.82) is 0 Å². The average Bonchev–Trinajstić information content (AvgIpc) is 3.93. The van der Waals surface area contributed by atoms with Crippen molar-refractivity contribution in [1.82, 2.24) is 4.57 Å². The molecular weight excluding hydrogens is 797 g/mol. The maximum atomic E-state index is 2.56. The van der Waals surface area contributed by atoms with Gasteiger partial charge in [0.1, 0.15) is 0 Å². The third-order valence-corrected chi connectivity index (χ3v) is 15.5. The van der Waals surface area contributed by atoms with Gasteiger partial charge in [0, 0.05) is 44.4 Å². The number of anilines is 3. The molecule has 0 radical (unpaired) electrons. The molecule has 0 saturated heterocycles. The lowest BCUT2D eigenvalue weighted by atomic mass is 9.66. The van der Waals surface area contributed by atoms with Crippen LogP contribution in [0.25, 0.3) is 66.4 Å². The van der Waals surface area contributed by atoms with Gasteiger partial charge < -0.3 is 9.47 Å². The highest BCUT2D eigenvalue weighted by molar-refractivity contribution is 6.18. The average molecular weight is 843 g/mol. The van der Waals surface area contributed by atoms with Gasteiger partial charge in [-0.1, -0.05) is 184 Å². The molecule has 3 aliphatic carbocycles. The molecule has 2 heterocycles. The van der Waals surface area contributed by atoms with Crippen LogP contribution in [-0.2, 0) is 10.8 Å². The number of fused-ring (bicyclic) bond motifs is 8. The van der Waals surface area contributed by atoms with E-state index in [0.717, 1.165) is 29.9 Å². The number of hydrogen-bond acceptors (Lipinski definition) is 1. The molecule has 0 spiro atoms. The van der Waals surface area contributed by atoms with Crippen LogP contribution >= 0.6 is 0 Å². The minimum absolute atomic E-state index is 0.127. The van der Waals surface area contributed by atoms with Gasteiger partial charge in [0.15, 0.2) is 0 Å². The molecule has 1 unspecified atom stereocenters. The zero-order chi connectivity index (χ0) is 43.7. The van der Waals surface area contributed by atoms with Crippen LogP contribution < -0.4 is 4.90 Å². The van der Waals surface area contributed by atoms with Gasteiger partial charge in [-0.3, -0.25) is 0 Å². The summed E-state index contributed by atoms with van der Waals surface area (Å²) in [5, 5.41) is 2.60. The molecule has 9 aromatic carbocycles. The fourth-order valence-electron chi connectivity index (χ4n) is 12.6. The number of nitrogens with zero attached hydrogens (tertiary/aromatic N) is 2. The zero-order valence-corrected chi connectivity index (χ0v) is 37.1. The number of benzene rings is 9. The molecular formula is C64H46N2. The number of aromatic nitrogens is 1. The molecule has 0 N–H and O–H groups in total. The van der Waals surface area contributed by atoms with Crippen molar-refractivity contribution in [2.45, 2.75) is 37.5 Å². The first-order valence-electron chi connectivity index (χ1n) is 23.5. The van der Waals surface area contributed by atoms with E-state index < -0.39 is 5.41 Å². The van der Waals surface area contributed by atoms with Gasteiger partial charge in [-0.2, -0.15) is 0 Å². The number of para-hydroxylation sites is 1. The normalized spacial score (nSPS) is 16.9. The SMILES string of the molecule is CC1(C)c2cccc3c2-c2c1ccc1c4ccccc4n(c21)-c1ccc(N(c2ccc(C4(c5ccccc5)C5=C(CCC=C5)c5ccccc54)cc2)c2cccc(-c4ccccc4)c2)cc1-3. The monoisotopic (exact) mass is 842 g/mol. The molecule has 4 aliphatic rings. The fraction of sp³-hybridized carbons (Fsp3) is 0.0938. The van der Waals surface area contributed by atoms with Crippen molar-refractivity contribution in [3.8, 4) is 39.1 Å². The van der Waals surface area contributed by atoms with Crippen LogP contribution in [0.15, 0.2) is 224 Å². The second-order valence-electron chi connectivity index (χ2n) is 19.1. The van der Waals surface area contributed by atoms with E-state index in [1.54, 1.807) is 0 Å². The van der Waals surface area contributed by atoms with E-state index in [9.17, 15) is 0 Å². The quantitative estimate of drug-likeness (QED) is 0.162. The molecule has 1 atom stereocenters. The summed E-state index contributed by atoms with van der Waals surface area (Å²) in [5.74, 6) is 0. The lowest BCUT2D eigenvalue weighted by Gasteiger charge is -2.36. The fourth-order valence-corrected chi connectivity index (χ4v) is 12.6. The van der Waals surface area contributed by atoms with E-state index in [0.29, 0.717) is 0 Å².